The number of anilines is 1. The molecule has 0 spiro atoms. The highest BCUT2D eigenvalue weighted by Gasteiger charge is 2.39. The number of nitrogens with zero attached hydrogens (tertiary/aromatic N) is 2. The van der Waals surface area contributed by atoms with Crippen LogP contribution in [0.15, 0.2) is 18.2 Å². The van der Waals surface area contributed by atoms with E-state index < -0.39 is 18.2 Å². The third-order valence-corrected chi connectivity index (χ3v) is 5.34. The number of fused-ring (bicyclic) bond motifs is 1. The quantitative estimate of drug-likeness (QED) is 0.720. The highest BCUT2D eigenvalue weighted by Crippen LogP contribution is 2.43. The second-order valence-corrected chi connectivity index (χ2v) is 7.31. The van der Waals surface area contributed by atoms with Crippen LogP contribution in [-0.4, -0.2) is 36.3 Å². The van der Waals surface area contributed by atoms with Crippen LogP contribution in [-0.2, 0) is 44.3 Å². The first-order valence-corrected chi connectivity index (χ1v) is 9.79. The van der Waals surface area contributed by atoms with Crippen molar-refractivity contribution in [3.63, 3.8) is 0 Å². The topological polar surface area (TPSA) is 82.6 Å². The molecule has 0 unspecified atom stereocenters. The van der Waals surface area contributed by atoms with Crippen molar-refractivity contribution < 1.29 is 27.8 Å². The van der Waals surface area contributed by atoms with Gasteiger partial charge in [0.05, 0.1) is 38.0 Å². The molecular formula is C21H23F2N3O4. The zero-order valence-electron chi connectivity index (χ0n) is 16.8. The van der Waals surface area contributed by atoms with E-state index in [9.17, 15) is 13.6 Å². The lowest BCUT2D eigenvalue weighted by atomic mass is 10.0. The van der Waals surface area contributed by atoms with Crippen molar-refractivity contribution in [2.24, 2.45) is 0 Å². The summed E-state index contributed by atoms with van der Waals surface area (Å²) in [7, 11) is 1.31. The third-order valence-electron chi connectivity index (χ3n) is 5.34. The molecule has 4 rings (SSSR count). The van der Waals surface area contributed by atoms with E-state index in [0.29, 0.717) is 54.6 Å². The molecule has 1 aliphatic carbocycles. The van der Waals surface area contributed by atoms with Crippen LogP contribution in [0.25, 0.3) is 0 Å². The van der Waals surface area contributed by atoms with Crippen LogP contribution in [0.2, 0.25) is 0 Å². The van der Waals surface area contributed by atoms with Crippen LogP contribution in [0.1, 0.15) is 46.5 Å². The first kappa shape index (κ1) is 20.6. The summed E-state index contributed by atoms with van der Waals surface area (Å²) in [6, 6.07) is 4.97. The van der Waals surface area contributed by atoms with Gasteiger partial charge in [0, 0.05) is 18.5 Å². The average molecular weight is 419 g/mol. The molecule has 0 saturated carbocycles. The highest BCUT2D eigenvalue weighted by molar-refractivity contribution is 5.73. The first-order chi connectivity index (χ1) is 14.4. The minimum atomic E-state index is -2.79. The molecule has 1 N–H and O–H groups in total. The van der Waals surface area contributed by atoms with Gasteiger partial charge in [0.15, 0.2) is 6.29 Å². The van der Waals surface area contributed by atoms with Gasteiger partial charge in [-0.25, -0.2) is 18.7 Å². The van der Waals surface area contributed by atoms with Crippen LogP contribution in [0.3, 0.4) is 0 Å². The number of methoxy groups -OCH3 is 1. The zero-order valence-corrected chi connectivity index (χ0v) is 16.8. The molecule has 7 nitrogen and oxygen atoms in total. The van der Waals surface area contributed by atoms with Crippen molar-refractivity contribution in [2.75, 3.05) is 25.6 Å². The van der Waals surface area contributed by atoms with Gasteiger partial charge in [-0.1, -0.05) is 18.2 Å². The summed E-state index contributed by atoms with van der Waals surface area (Å²) in [5, 5.41) is 3.23. The Labute approximate surface area is 172 Å². The molecule has 2 aliphatic rings. The Morgan fingerprint density at radius 3 is 2.80 bits per heavy atom. The summed E-state index contributed by atoms with van der Waals surface area (Å²) in [5.41, 5.74) is 2.53. The van der Waals surface area contributed by atoms with Gasteiger partial charge in [0.2, 0.25) is 0 Å². The van der Waals surface area contributed by atoms with Crippen molar-refractivity contribution in [1.82, 2.24) is 9.97 Å². The molecule has 30 heavy (non-hydrogen) atoms. The number of hydrogen-bond acceptors (Lipinski definition) is 7. The maximum absolute atomic E-state index is 14.1. The van der Waals surface area contributed by atoms with E-state index in [4.69, 9.17) is 14.2 Å². The number of benzene rings is 1. The van der Waals surface area contributed by atoms with Gasteiger partial charge in [0.25, 0.3) is 5.92 Å². The molecule has 0 atom stereocenters. The van der Waals surface area contributed by atoms with Crippen LogP contribution in [0, 0.1) is 6.92 Å². The smallest absolute Gasteiger partial charge is 0.311 e. The van der Waals surface area contributed by atoms with Gasteiger partial charge in [-0.05, 0) is 24.5 Å². The normalized spacial score (nSPS) is 17.7. The minimum Gasteiger partial charge on any atom is -0.469 e. The van der Waals surface area contributed by atoms with E-state index in [1.165, 1.54) is 13.2 Å². The fraction of sp³-hybridized carbons (Fsp3) is 0.476. The van der Waals surface area contributed by atoms with Crippen molar-refractivity contribution in [2.45, 2.75) is 44.9 Å². The molecule has 0 bridgehead atoms. The number of alkyl halides is 2. The van der Waals surface area contributed by atoms with Crippen LogP contribution in [0.4, 0.5) is 14.6 Å². The van der Waals surface area contributed by atoms with E-state index in [-0.39, 0.29) is 18.4 Å². The fourth-order valence-corrected chi connectivity index (χ4v) is 3.92. The molecule has 9 heteroatoms. The van der Waals surface area contributed by atoms with Crippen LogP contribution < -0.4 is 5.32 Å². The van der Waals surface area contributed by atoms with Crippen molar-refractivity contribution in [3.05, 3.63) is 52.0 Å². The monoisotopic (exact) mass is 419 g/mol. The first-order valence-electron chi connectivity index (χ1n) is 9.79. The predicted octanol–water partition coefficient (Wildman–Crippen LogP) is 3.20. The fourth-order valence-electron chi connectivity index (χ4n) is 3.92. The predicted molar refractivity (Wildman–Crippen MR) is 103 cm³/mol. The molecule has 1 saturated heterocycles. The van der Waals surface area contributed by atoms with E-state index in [1.807, 2.05) is 6.07 Å². The lowest BCUT2D eigenvalue weighted by Gasteiger charge is -2.19. The van der Waals surface area contributed by atoms with E-state index in [0.717, 1.165) is 5.56 Å². The molecule has 1 aromatic heterocycles. The van der Waals surface area contributed by atoms with Gasteiger partial charge in [0.1, 0.15) is 11.6 Å². The lowest BCUT2D eigenvalue weighted by Crippen LogP contribution is -2.17. The van der Waals surface area contributed by atoms with E-state index in [1.54, 1.807) is 13.0 Å². The Morgan fingerprint density at radius 1 is 1.30 bits per heavy atom. The number of ether oxygens (including phenoxy) is 3. The molecule has 1 aliphatic heterocycles. The number of carbonyl (C=O) groups excluding carboxylic acids is 1. The Balaban J connectivity index is 1.66. The number of nitrogens with one attached hydrogen (secondary N) is 1. The second-order valence-electron chi connectivity index (χ2n) is 7.31. The average Bonchev–Trinajstić information content (AvgIpc) is 3.34. The third kappa shape index (κ3) is 3.99. The second kappa shape index (κ2) is 8.23. The maximum Gasteiger partial charge on any atom is 0.311 e. The number of hydrogen-bond donors (Lipinski definition) is 1. The minimum absolute atomic E-state index is 0.0555. The summed E-state index contributed by atoms with van der Waals surface area (Å²) in [6.07, 6.45) is -0.610. The number of aryl methyl sites for hydroxylation is 1. The zero-order chi connectivity index (χ0) is 21.3. The van der Waals surface area contributed by atoms with Crippen molar-refractivity contribution >= 4 is 11.8 Å². The molecule has 0 amide bonds. The molecule has 160 valence electrons. The number of halogens is 2. The Kier molecular flexibility index (Phi) is 5.66. The lowest BCUT2D eigenvalue weighted by molar-refractivity contribution is -0.139. The Bertz CT molecular complexity index is 962. The summed E-state index contributed by atoms with van der Waals surface area (Å²) < 4.78 is 44.2. The SMILES string of the molecule is COC(=O)Cc1nc(C)nc(NCc2cccc3c2CCC3(F)F)c1C1OCCO1. The van der Waals surface area contributed by atoms with Gasteiger partial charge in [-0.2, -0.15) is 0 Å². The molecule has 2 aromatic rings. The summed E-state index contributed by atoms with van der Waals surface area (Å²) in [5.74, 6) is -2.32. The van der Waals surface area contributed by atoms with Crippen LogP contribution in [0.5, 0.6) is 0 Å². The largest absolute Gasteiger partial charge is 0.469 e. The number of rotatable bonds is 6. The Hall–Kier alpha value is -2.65. The van der Waals surface area contributed by atoms with Gasteiger partial charge in [-0.3, -0.25) is 4.79 Å². The summed E-state index contributed by atoms with van der Waals surface area (Å²) >= 11 is 0. The highest BCUT2D eigenvalue weighted by atomic mass is 19.3. The van der Waals surface area contributed by atoms with Crippen molar-refractivity contribution in [1.29, 1.82) is 0 Å². The van der Waals surface area contributed by atoms with E-state index >= 15 is 0 Å². The van der Waals surface area contributed by atoms with Crippen LogP contribution >= 0.6 is 0 Å². The number of carbonyl (C=O) groups is 1. The Morgan fingerprint density at radius 2 is 2.07 bits per heavy atom. The van der Waals surface area contributed by atoms with Gasteiger partial charge in [-0.15, -0.1) is 0 Å². The number of esters is 1. The van der Waals surface area contributed by atoms with E-state index in [2.05, 4.69) is 15.3 Å². The molecule has 0 radical (unpaired) electrons. The summed E-state index contributed by atoms with van der Waals surface area (Å²) in [4.78, 5) is 20.7. The van der Waals surface area contributed by atoms with Gasteiger partial charge >= 0.3 is 5.97 Å². The molecule has 2 heterocycles. The molecule has 1 aromatic carbocycles. The molecular weight excluding hydrogens is 396 g/mol. The molecule has 1 fully saturated rings. The summed E-state index contributed by atoms with van der Waals surface area (Å²) in [6.45, 7) is 2.84. The standard InChI is InChI=1S/C21H23F2N3O4/c1-12-25-16(10-17(27)28-2)18(20-29-8-9-30-20)19(26-12)24-11-13-4-3-5-15-14(13)6-7-21(15,22)23/h3-5,20H,6-11H2,1-2H3,(H,24,25,26). The van der Waals surface area contributed by atoms with Gasteiger partial charge < -0.3 is 19.5 Å². The van der Waals surface area contributed by atoms with Crippen molar-refractivity contribution in [3.8, 4) is 0 Å². The maximum atomic E-state index is 14.1. The number of aromatic nitrogens is 2.